The molecule has 0 saturated carbocycles. The molecule has 0 aliphatic carbocycles. The second kappa shape index (κ2) is 4.96. The smallest absolute Gasteiger partial charge is 0.243 e. The lowest BCUT2D eigenvalue weighted by Crippen LogP contribution is -2.23. The van der Waals surface area contributed by atoms with Crippen LogP contribution < -0.4 is 16.9 Å². The van der Waals surface area contributed by atoms with Gasteiger partial charge in [-0.2, -0.15) is 0 Å². The van der Waals surface area contributed by atoms with E-state index in [1.165, 1.54) is 0 Å². The summed E-state index contributed by atoms with van der Waals surface area (Å²) in [6.07, 6.45) is 6.14. The summed E-state index contributed by atoms with van der Waals surface area (Å²) in [5, 5.41) is 0. The van der Waals surface area contributed by atoms with Crippen LogP contribution in [0.4, 0.5) is 0 Å². The maximum atomic E-state index is 2.12. The van der Waals surface area contributed by atoms with Crippen LogP contribution in [0.5, 0.6) is 0 Å². The molecule has 4 nitrogen and oxygen atoms in total. The first kappa shape index (κ1) is 11.9. The summed E-state index contributed by atoms with van der Waals surface area (Å²) in [6.45, 7) is 3.18. The maximum Gasteiger partial charge on any atom is 0.243 e. The van der Waals surface area contributed by atoms with Gasteiger partial charge in [0, 0.05) is 0 Å². The molecule has 0 aliphatic rings. The molecule has 0 aliphatic heterocycles. The fourth-order valence-corrected chi connectivity index (χ4v) is 0.689. The van der Waals surface area contributed by atoms with Crippen molar-refractivity contribution in [3.63, 3.8) is 0 Å². The second-order valence-electron chi connectivity index (χ2n) is 1.91. The first-order chi connectivity index (χ1) is 3.83. The average Bonchev–Trinajstić information content (AvgIpc) is 2.14. The Kier molecular flexibility index (Phi) is 5.89. The molecule has 60 valence electrons. The molecule has 1 aromatic rings. The van der Waals surface area contributed by atoms with Crippen molar-refractivity contribution < 1.29 is 4.57 Å². The highest BCUT2D eigenvalue weighted by Crippen LogP contribution is 1.79. The SMILES string of the molecule is CCn1cc[n+](C)c1.N.N. The van der Waals surface area contributed by atoms with Crippen LogP contribution in [0.2, 0.25) is 0 Å². The minimum Gasteiger partial charge on any atom is -0.344 e. The second-order valence-corrected chi connectivity index (χ2v) is 1.91. The Hall–Kier alpha value is -0.870. The lowest BCUT2D eigenvalue weighted by atomic mass is 10.7. The molecule has 0 aromatic carbocycles. The molecule has 1 heterocycles. The van der Waals surface area contributed by atoms with Crippen LogP contribution >= 0.6 is 0 Å². The van der Waals surface area contributed by atoms with Gasteiger partial charge in [-0.1, -0.05) is 0 Å². The van der Waals surface area contributed by atoms with Gasteiger partial charge in [-0.3, -0.25) is 0 Å². The fraction of sp³-hybridized carbons (Fsp3) is 0.500. The molecule has 0 radical (unpaired) electrons. The van der Waals surface area contributed by atoms with Gasteiger partial charge in [0.05, 0.1) is 13.6 Å². The number of aromatic nitrogens is 2. The highest BCUT2D eigenvalue weighted by Gasteiger charge is 1.92. The van der Waals surface area contributed by atoms with Gasteiger partial charge in [-0.25, -0.2) is 9.13 Å². The van der Waals surface area contributed by atoms with Crippen molar-refractivity contribution in [1.29, 1.82) is 0 Å². The van der Waals surface area contributed by atoms with Crippen molar-refractivity contribution in [2.75, 3.05) is 0 Å². The zero-order chi connectivity index (χ0) is 5.98. The van der Waals surface area contributed by atoms with E-state index in [2.05, 4.69) is 24.0 Å². The first-order valence-electron chi connectivity index (χ1n) is 2.84. The van der Waals surface area contributed by atoms with E-state index < -0.39 is 0 Å². The highest BCUT2D eigenvalue weighted by molar-refractivity contribution is 4.63. The summed E-state index contributed by atoms with van der Waals surface area (Å²) >= 11 is 0. The monoisotopic (exact) mass is 145 g/mol. The molecule has 0 bridgehead atoms. The minimum absolute atomic E-state index is 0. The molecular formula is C6H17N4+. The van der Waals surface area contributed by atoms with Gasteiger partial charge in [0.2, 0.25) is 6.33 Å². The summed E-state index contributed by atoms with van der Waals surface area (Å²) in [7, 11) is 2.02. The van der Waals surface area contributed by atoms with E-state index in [1.54, 1.807) is 0 Å². The molecule has 1 aromatic heterocycles. The first-order valence-corrected chi connectivity index (χ1v) is 2.84. The van der Waals surface area contributed by atoms with Crippen molar-refractivity contribution in [3.8, 4) is 0 Å². The van der Waals surface area contributed by atoms with Gasteiger partial charge in [-0.05, 0) is 6.92 Å². The van der Waals surface area contributed by atoms with Gasteiger partial charge < -0.3 is 12.3 Å². The predicted molar refractivity (Wildman–Crippen MR) is 41.3 cm³/mol. The fourth-order valence-electron chi connectivity index (χ4n) is 0.689. The molecule has 0 atom stereocenters. The Labute approximate surface area is 61.6 Å². The number of nitrogens with zero attached hydrogens (tertiary/aromatic N) is 2. The Morgan fingerprint density at radius 2 is 2.00 bits per heavy atom. The summed E-state index contributed by atoms with van der Waals surface area (Å²) in [5.74, 6) is 0. The topological polar surface area (TPSA) is 78.8 Å². The Balaban J connectivity index is 0. The maximum absolute atomic E-state index is 2.12. The summed E-state index contributed by atoms with van der Waals surface area (Å²) in [4.78, 5) is 0. The Morgan fingerprint density at radius 1 is 1.40 bits per heavy atom. The lowest BCUT2D eigenvalue weighted by Gasteiger charge is -1.81. The number of aryl methyl sites for hydroxylation is 2. The Morgan fingerprint density at radius 3 is 2.20 bits per heavy atom. The lowest BCUT2D eigenvalue weighted by molar-refractivity contribution is -0.671. The van der Waals surface area contributed by atoms with Crippen LogP contribution in [0.1, 0.15) is 6.92 Å². The molecule has 6 N–H and O–H groups in total. The van der Waals surface area contributed by atoms with E-state index in [4.69, 9.17) is 0 Å². The number of rotatable bonds is 1. The van der Waals surface area contributed by atoms with Crippen molar-refractivity contribution in [2.45, 2.75) is 13.5 Å². The largest absolute Gasteiger partial charge is 0.344 e. The molecule has 0 amide bonds. The minimum atomic E-state index is 0. The zero-order valence-electron chi connectivity index (χ0n) is 6.75. The zero-order valence-corrected chi connectivity index (χ0v) is 6.75. The van der Waals surface area contributed by atoms with Crippen LogP contribution in [0.15, 0.2) is 18.7 Å². The van der Waals surface area contributed by atoms with E-state index in [0.29, 0.717) is 0 Å². The third kappa shape index (κ3) is 2.61. The van der Waals surface area contributed by atoms with Crippen LogP contribution in [0.25, 0.3) is 0 Å². The third-order valence-corrected chi connectivity index (χ3v) is 1.19. The molecule has 1 rings (SSSR count). The molecular weight excluding hydrogens is 128 g/mol. The molecule has 0 unspecified atom stereocenters. The molecule has 4 heteroatoms. The van der Waals surface area contributed by atoms with E-state index in [-0.39, 0.29) is 12.3 Å². The van der Waals surface area contributed by atoms with Gasteiger partial charge in [0.25, 0.3) is 0 Å². The van der Waals surface area contributed by atoms with Gasteiger partial charge in [-0.15, -0.1) is 0 Å². The van der Waals surface area contributed by atoms with Crippen molar-refractivity contribution in [2.24, 2.45) is 7.05 Å². The van der Waals surface area contributed by atoms with Crippen molar-refractivity contribution in [1.82, 2.24) is 16.9 Å². The van der Waals surface area contributed by atoms with Crippen LogP contribution in [-0.4, -0.2) is 4.57 Å². The number of hydrogen-bond donors (Lipinski definition) is 2. The normalized spacial score (nSPS) is 7.80. The van der Waals surface area contributed by atoms with Crippen LogP contribution in [-0.2, 0) is 13.6 Å². The summed E-state index contributed by atoms with van der Waals surface area (Å²) in [5.41, 5.74) is 0. The Bertz CT molecular complexity index is 170. The average molecular weight is 145 g/mol. The van der Waals surface area contributed by atoms with E-state index in [9.17, 15) is 0 Å². The number of hydrogen-bond acceptors (Lipinski definition) is 2. The molecule has 0 spiro atoms. The molecule has 0 fully saturated rings. The van der Waals surface area contributed by atoms with E-state index in [1.807, 2.05) is 17.8 Å². The van der Waals surface area contributed by atoms with Crippen molar-refractivity contribution >= 4 is 0 Å². The molecule has 0 saturated heterocycles. The standard InChI is InChI=1S/C6H11N2.2H3N/c1-3-8-5-4-7(2)6-8;;/h4-6H,3H2,1-2H3;2*1H3/q+1;;. The van der Waals surface area contributed by atoms with E-state index >= 15 is 0 Å². The molecule has 10 heavy (non-hydrogen) atoms. The summed E-state index contributed by atoms with van der Waals surface area (Å²) < 4.78 is 4.16. The third-order valence-electron chi connectivity index (χ3n) is 1.19. The van der Waals surface area contributed by atoms with Crippen LogP contribution in [0.3, 0.4) is 0 Å². The predicted octanol–water partition coefficient (Wildman–Crippen LogP) is 0.656. The van der Waals surface area contributed by atoms with E-state index in [0.717, 1.165) is 6.54 Å². The van der Waals surface area contributed by atoms with Crippen LogP contribution in [0, 0.1) is 0 Å². The number of imidazole rings is 1. The van der Waals surface area contributed by atoms with Gasteiger partial charge >= 0.3 is 0 Å². The van der Waals surface area contributed by atoms with Crippen molar-refractivity contribution in [3.05, 3.63) is 18.7 Å². The van der Waals surface area contributed by atoms with Gasteiger partial charge in [0.1, 0.15) is 12.4 Å². The quantitative estimate of drug-likeness (QED) is 0.569. The summed E-state index contributed by atoms with van der Waals surface area (Å²) in [6, 6.07) is 0. The van der Waals surface area contributed by atoms with Gasteiger partial charge in [0.15, 0.2) is 0 Å². The highest BCUT2D eigenvalue weighted by atomic mass is 15.1.